The number of halogens is 4. The predicted octanol–water partition coefficient (Wildman–Crippen LogP) is 2.92. The number of hydrogen-bond donors (Lipinski definition) is 1. The molecule has 7 heteroatoms. The number of nitrogens with two attached hydrogens (primary N) is 1. The van der Waals surface area contributed by atoms with E-state index >= 15 is 0 Å². The average molecular weight is 282 g/mol. The standard InChI is InChI=1S/C11H11ClF3NO2/c1-18-10(17)5-9(16)6-2-7(11(13,14)15)4-8(12)3-6/h2-4,9H,5,16H2,1H3/t9-/m1/s1. The summed E-state index contributed by atoms with van der Waals surface area (Å²) in [4.78, 5) is 11.0. The second-order valence-corrected chi connectivity index (χ2v) is 4.09. The van der Waals surface area contributed by atoms with Crippen molar-refractivity contribution in [2.24, 2.45) is 5.73 Å². The first-order valence-electron chi connectivity index (χ1n) is 4.94. The third-order valence-electron chi connectivity index (χ3n) is 2.29. The molecule has 3 nitrogen and oxygen atoms in total. The maximum Gasteiger partial charge on any atom is 0.416 e. The van der Waals surface area contributed by atoms with Gasteiger partial charge >= 0.3 is 12.1 Å². The number of alkyl halides is 3. The fourth-order valence-electron chi connectivity index (χ4n) is 1.37. The Labute approximate surface area is 107 Å². The number of ether oxygens (including phenoxy) is 1. The molecule has 18 heavy (non-hydrogen) atoms. The van der Waals surface area contributed by atoms with Crippen molar-refractivity contribution >= 4 is 17.6 Å². The van der Waals surface area contributed by atoms with Crippen LogP contribution < -0.4 is 5.73 Å². The molecule has 2 N–H and O–H groups in total. The maximum absolute atomic E-state index is 12.5. The number of benzene rings is 1. The van der Waals surface area contributed by atoms with Gasteiger partial charge in [-0.1, -0.05) is 11.6 Å². The number of rotatable bonds is 3. The summed E-state index contributed by atoms with van der Waals surface area (Å²) in [6.45, 7) is 0. The van der Waals surface area contributed by atoms with Crippen LogP contribution >= 0.6 is 11.6 Å². The molecule has 0 aromatic heterocycles. The predicted molar refractivity (Wildman–Crippen MR) is 60.0 cm³/mol. The van der Waals surface area contributed by atoms with Crippen LogP contribution in [0.25, 0.3) is 0 Å². The fraction of sp³-hybridized carbons (Fsp3) is 0.364. The molecule has 0 saturated heterocycles. The van der Waals surface area contributed by atoms with E-state index in [1.165, 1.54) is 13.2 Å². The minimum absolute atomic E-state index is 0.0832. The normalized spacial score (nSPS) is 13.2. The lowest BCUT2D eigenvalue weighted by Gasteiger charge is -2.14. The van der Waals surface area contributed by atoms with Crippen molar-refractivity contribution in [2.75, 3.05) is 7.11 Å². The van der Waals surface area contributed by atoms with Crippen LogP contribution in [0.2, 0.25) is 5.02 Å². The van der Waals surface area contributed by atoms with Crippen molar-refractivity contribution in [1.29, 1.82) is 0 Å². The van der Waals surface area contributed by atoms with E-state index in [1.807, 2.05) is 0 Å². The molecule has 0 bridgehead atoms. The van der Waals surface area contributed by atoms with Crippen LogP contribution in [0.5, 0.6) is 0 Å². The number of carbonyl (C=O) groups is 1. The summed E-state index contributed by atoms with van der Waals surface area (Å²) in [6, 6.07) is 2.08. The topological polar surface area (TPSA) is 52.3 Å². The van der Waals surface area contributed by atoms with Gasteiger partial charge in [-0.2, -0.15) is 13.2 Å². The molecule has 0 aliphatic heterocycles. The van der Waals surface area contributed by atoms with Gasteiger partial charge in [0.1, 0.15) is 0 Å². The van der Waals surface area contributed by atoms with Crippen LogP contribution in [0.3, 0.4) is 0 Å². The molecule has 0 unspecified atom stereocenters. The van der Waals surface area contributed by atoms with E-state index in [2.05, 4.69) is 4.74 Å². The van der Waals surface area contributed by atoms with Crippen molar-refractivity contribution in [3.8, 4) is 0 Å². The Morgan fingerprint density at radius 2 is 2.06 bits per heavy atom. The van der Waals surface area contributed by atoms with Crippen molar-refractivity contribution in [2.45, 2.75) is 18.6 Å². The molecule has 1 atom stereocenters. The zero-order chi connectivity index (χ0) is 13.9. The zero-order valence-corrected chi connectivity index (χ0v) is 10.2. The molecule has 0 saturated carbocycles. The minimum Gasteiger partial charge on any atom is -0.469 e. The SMILES string of the molecule is COC(=O)C[C@@H](N)c1cc(Cl)cc(C(F)(F)F)c1. The van der Waals surface area contributed by atoms with Gasteiger partial charge in [-0.3, -0.25) is 4.79 Å². The van der Waals surface area contributed by atoms with Crippen molar-refractivity contribution in [3.05, 3.63) is 34.3 Å². The van der Waals surface area contributed by atoms with Gasteiger partial charge in [-0.25, -0.2) is 0 Å². The summed E-state index contributed by atoms with van der Waals surface area (Å²) >= 11 is 5.60. The Bertz CT molecular complexity index is 448. The lowest BCUT2D eigenvalue weighted by molar-refractivity contribution is -0.141. The van der Waals surface area contributed by atoms with Crippen LogP contribution in [0.15, 0.2) is 18.2 Å². The van der Waals surface area contributed by atoms with Crippen molar-refractivity contribution < 1.29 is 22.7 Å². The Kier molecular flexibility index (Phi) is 4.59. The van der Waals surface area contributed by atoms with Gasteiger partial charge in [-0.05, 0) is 23.8 Å². The highest BCUT2D eigenvalue weighted by atomic mass is 35.5. The second-order valence-electron chi connectivity index (χ2n) is 3.66. The van der Waals surface area contributed by atoms with Crippen LogP contribution in [0.1, 0.15) is 23.6 Å². The molecule has 0 fully saturated rings. The summed E-state index contributed by atoms with van der Waals surface area (Å²) < 4.78 is 42.0. The number of methoxy groups -OCH3 is 1. The Hall–Kier alpha value is -1.27. The summed E-state index contributed by atoms with van der Waals surface area (Å²) in [6.07, 6.45) is -4.72. The van der Waals surface area contributed by atoms with E-state index in [4.69, 9.17) is 17.3 Å². The molecule has 0 radical (unpaired) electrons. The lowest BCUT2D eigenvalue weighted by Crippen LogP contribution is -2.17. The number of esters is 1. The smallest absolute Gasteiger partial charge is 0.416 e. The second kappa shape index (κ2) is 5.58. The van der Waals surface area contributed by atoms with Crippen molar-refractivity contribution in [3.63, 3.8) is 0 Å². The lowest BCUT2D eigenvalue weighted by atomic mass is 10.0. The van der Waals surface area contributed by atoms with E-state index in [-0.39, 0.29) is 17.0 Å². The first kappa shape index (κ1) is 14.8. The van der Waals surface area contributed by atoms with Gasteiger partial charge in [0.15, 0.2) is 0 Å². The molecular formula is C11H11ClF3NO2. The Morgan fingerprint density at radius 3 is 2.56 bits per heavy atom. The molecular weight excluding hydrogens is 271 g/mol. The van der Waals surface area contributed by atoms with Crippen LogP contribution in [0.4, 0.5) is 13.2 Å². The van der Waals surface area contributed by atoms with E-state index < -0.39 is 23.8 Å². The molecule has 1 aromatic carbocycles. The van der Waals surface area contributed by atoms with Gasteiger partial charge < -0.3 is 10.5 Å². The Morgan fingerprint density at radius 1 is 1.44 bits per heavy atom. The fourth-order valence-corrected chi connectivity index (χ4v) is 1.61. The molecule has 1 aromatic rings. The van der Waals surface area contributed by atoms with E-state index in [0.29, 0.717) is 0 Å². The van der Waals surface area contributed by atoms with E-state index in [0.717, 1.165) is 12.1 Å². The molecule has 0 aliphatic rings. The summed E-state index contributed by atoms with van der Waals surface area (Å²) in [5, 5.41) is -0.0832. The number of hydrogen-bond acceptors (Lipinski definition) is 3. The third-order valence-corrected chi connectivity index (χ3v) is 2.51. The highest BCUT2D eigenvalue weighted by molar-refractivity contribution is 6.30. The summed E-state index contributed by atoms with van der Waals surface area (Å²) in [7, 11) is 1.17. The third kappa shape index (κ3) is 3.89. The Balaban J connectivity index is 3.03. The van der Waals surface area contributed by atoms with Gasteiger partial charge in [-0.15, -0.1) is 0 Å². The van der Waals surface area contributed by atoms with Gasteiger partial charge in [0.25, 0.3) is 0 Å². The van der Waals surface area contributed by atoms with Crippen LogP contribution in [-0.2, 0) is 15.7 Å². The average Bonchev–Trinajstić information content (AvgIpc) is 2.26. The zero-order valence-electron chi connectivity index (χ0n) is 9.42. The highest BCUT2D eigenvalue weighted by Crippen LogP contribution is 2.33. The maximum atomic E-state index is 12.5. The first-order valence-corrected chi connectivity index (χ1v) is 5.32. The molecule has 0 aliphatic carbocycles. The quantitative estimate of drug-likeness (QED) is 0.867. The van der Waals surface area contributed by atoms with Crippen molar-refractivity contribution in [1.82, 2.24) is 0 Å². The van der Waals surface area contributed by atoms with Crippen LogP contribution in [-0.4, -0.2) is 13.1 Å². The molecule has 0 heterocycles. The molecule has 0 spiro atoms. The van der Waals surface area contributed by atoms with E-state index in [9.17, 15) is 18.0 Å². The molecule has 100 valence electrons. The molecule has 1 rings (SSSR count). The first-order chi connectivity index (χ1) is 8.24. The van der Waals surface area contributed by atoms with Gasteiger partial charge in [0, 0.05) is 11.1 Å². The van der Waals surface area contributed by atoms with E-state index in [1.54, 1.807) is 0 Å². The summed E-state index contributed by atoms with van der Waals surface area (Å²) in [5.41, 5.74) is 4.87. The summed E-state index contributed by atoms with van der Waals surface area (Å²) in [5.74, 6) is -0.601. The molecule has 0 amide bonds. The highest BCUT2D eigenvalue weighted by Gasteiger charge is 2.31. The number of carbonyl (C=O) groups excluding carboxylic acids is 1. The monoisotopic (exact) mass is 281 g/mol. The minimum atomic E-state index is -4.51. The van der Waals surface area contributed by atoms with Crippen LogP contribution in [0, 0.1) is 0 Å². The van der Waals surface area contributed by atoms with Gasteiger partial charge in [0.05, 0.1) is 19.1 Å². The largest absolute Gasteiger partial charge is 0.469 e. The van der Waals surface area contributed by atoms with Gasteiger partial charge in [0.2, 0.25) is 0 Å².